The summed E-state index contributed by atoms with van der Waals surface area (Å²) in [6.07, 6.45) is 5.60. The molecule has 0 amide bonds. The fraction of sp³-hybridized carbons (Fsp3) is 0.800. The van der Waals surface area contributed by atoms with Gasteiger partial charge in [-0.05, 0) is 50.5 Å². The average molecular weight is 284 g/mol. The maximum Gasteiger partial charge on any atom is 0.0850 e. The molecule has 1 heterocycles. The lowest BCUT2D eigenvalue weighted by atomic mass is 9.80. The minimum atomic E-state index is 0.237. The van der Waals surface area contributed by atoms with E-state index in [1.807, 2.05) is 0 Å². The highest BCUT2D eigenvalue weighted by Gasteiger charge is 2.38. The zero-order valence-corrected chi connectivity index (χ0v) is 13.1. The Balaban J connectivity index is 2.29. The maximum absolute atomic E-state index is 6.52. The van der Waals surface area contributed by atoms with Gasteiger partial charge in [0.1, 0.15) is 0 Å². The topological polar surface area (TPSA) is 43.8 Å². The van der Waals surface area contributed by atoms with E-state index in [-0.39, 0.29) is 5.41 Å². The van der Waals surface area contributed by atoms with Crippen LogP contribution in [0.25, 0.3) is 0 Å². The molecule has 2 rings (SSSR count). The molecule has 108 valence electrons. The molecule has 4 heteroatoms. The Morgan fingerprint density at radius 2 is 2.21 bits per heavy atom. The van der Waals surface area contributed by atoms with Crippen LogP contribution in [0.1, 0.15) is 51.4 Å². The summed E-state index contributed by atoms with van der Waals surface area (Å²) in [4.78, 5) is 0. The Kier molecular flexibility index (Phi) is 4.57. The molecule has 19 heavy (non-hydrogen) atoms. The highest BCUT2D eigenvalue weighted by Crippen LogP contribution is 2.44. The van der Waals surface area contributed by atoms with Gasteiger partial charge in [-0.25, -0.2) is 0 Å². The normalized spacial score (nSPS) is 27.1. The first-order chi connectivity index (χ1) is 9.05. The summed E-state index contributed by atoms with van der Waals surface area (Å²) < 4.78 is 2.07. The van der Waals surface area contributed by atoms with Crippen LogP contribution in [0.2, 0.25) is 5.02 Å². The van der Waals surface area contributed by atoms with Crippen LogP contribution in [-0.2, 0) is 19.4 Å². The SMILES string of the molecule is CCc1nn(CC)c(CC2(CN)CCC(C)C2)c1Cl. The second-order valence-electron chi connectivity index (χ2n) is 6.11. The predicted octanol–water partition coefficient (Wildman–Crippen LogP) is 3.43. The summed E-state index contributed by atoms with van der Waals surface area (Å²) >= 11 is 6.52. The van der Waals surface area contributed by atoms with Crippen LogP contribution < -0.4 is 5.73 Å². The number of hydrogen-bond donors (Lipinski definition) is 1. The van der Waals surface area contributed by atoms with Gasteiger partial charge in [-0.2, -0.15) is 5.10 Å². The lowest BCUT2D eigenvalue weighted by Gasteiger charge is -2.28. The monoisotopic (exact) mass is 283 g/mol. The van der Waals surface area contributed by atoms with Gasteiger partial charge >= 0.3 is 0 Å². The van der Waals surface area contributed by atoms with Gasteiger partial charge in [-0.1, -0.05) is 31.9 Å². The fourth-order valence-electron chi connectivity index (χ4n) is 3.46. The maximum atomic E-state index is 6.52. The Hall–Kier alpha value is -0.540. The third-order valence-electron chi connectivity index (χ3n) is 4.62. The summed E-state index contributed by atoms with van der Waals surface area (Å²) in [7, 11) is 0. The Labute approximate surface area is 121 Å². The molecule has 0 radical (unpaired) electrons. The third-order valence-corrected chi connectivity index (χ3v) is 5.05. The van der Waals surface area contributed by atoms with Crippen molar-refractivity contribution < 1.29 is 0 Å². The van der Waals surface area contributed by atoms with Gasteiger partial charge in [0, 0.05) is 6.54 Å². The number of nitrogens with zero attached hydrogens (tertiary/aromatic N) is 2. The number of aryl methyl sites for hydroxylation is 2. The van der Waals surface area contributed by atoms with Crippen LogP contribution in [0.5, 0.6) is 0 Å². The van der Waals surface area contributed by atoms with Crippen molar-refractivity contribution >= 4 is 11.6 Å². The lowest BCUT2D eigenvalue weighted by molar-refractivity contribution is 0.287. The van der Waals surface area contributed by atoms with E-state index in [1.165, 1.54) is 25.0 Å². The van der Waals surface area contributed by atoms with Gasteiger partial charge in [0.25, 0.3) is 0 Å². The molecule has 0 saturated heterocycles. The summed E-state index contributed by atoms with van der Waals surface area (Å²) in [6.45, 7) is 8.19. The molecule has 1 aromatic rings. The van der Waals surface area contributed by atoms with Gasteiger partial charge in [-0.3, -0.25) is 4.68 Å². The van der Waals surface area contributed by atoms with Gasteiger partial charge in [-0.15, -0.1) is 0 Å². The molecule has 2 unspecified atom stereocenters. The third kappa shape index (κ3) is 2.82. The number of aromatic nitrogens is 2. The second-order valence-corrected chi connectivity index (χ2v) is 6.48. The quantitative estimate of drug-likeness (QED) is 0.900. The van der Waals surface area contributed by atoms with E-state index in [2.05, 4.69) is 30.6 Å². The van der Waals surface area contributed by atoms with E-state index in [0.717, 1.165) is 42.6 Å². The molecule has 1 fully saturated rings. The molecular formula is C15H26ClN3. The van der Waals surface area contributed by atoms with E-state index in [4.69, 9.17) is 17.3 Å². The first kappa shape index (κ1) is 14.9. The largest absolute Gasteiger partial charge is 0.330 e. The second kappa shape index (κ2) is 5.84. The summed E-state index contributed by atoms with van der Waals surface area (Å²) in [5.41, 5.74) is 8.54. The molecule has 1 aliphatic carbocycles. The molecule has 3 nitrogen and oxygen atoms in total. The summed E-state index contributed by atoms with van der Waals surface area (Å²) in [5.74, 6) is 0.783. The van der Waals surface area contributed by atoms with Crippen LogP contribution in [0.15, 0.2) is 0 Å². The number of hydrogen-bond acceptors (Lipinski definition) is 2. The van der Waals surface area contributed by atoms with Crippen molar-refractivity contribution in [2.45, 2.75) is 59.4 Å². The first-order valence-electron chi connectivity index (χ1n) is 7.49. The number of nitrogens with two attached hydrogens (primary N) is 1. The molecule has 2 atom stereocenters. The van der Waals surface area contributed by atoms with Crippen molar-refractivity contribution in [2.75, 3.05) is 6.54 Å². The zero-order valence-electron chi connectivity index (χ0n) is 12.4. The minimum Gasteiger partial charge on any atom is -0.330 e. The number of rotatable bonds is 5. The Bertz CT molecular complexity index is 441. The van der Waals surface area contributed by atoms with Gasteiger partial charge in [0.2, 0.25) is 0 Å². The van der Waals surface area contributed by atoms with Crippen molar-refractivity contribution in [2.24, 2.45) is 17.1 Å². The predicted molar refractivity (Wildman–Crippen MR) is 80.5 cm³/mol. The van der Waals surface area contributed by atoms with Gasteiger partial charge in [0.15, 0.2) is 0 Å². The molecule has 2 N–H and O–H groups in total. The highest BCUT2D eigenvalue weighted by molar-refractivity contribution is 6.31. The zero-order chi connectivity index (χ0) is 14.0. The van der Waals surface area contributed by atoms with Crippen LogP contribution >= 0.6 is 11.6 Å². The van der Waals surface area contributed by atoms with E-state index < -0.39 is 0 Å². The molecule has 1 aromatic heterocycles. The molecule has 0 bridgehead atoms. The Morgan fingerprint density at radius 1 is 1.47 bits per heavy atom. The highest BCUT2D eigenvalue weighted by atomic mass is 35.5. The molecular weight excluding hydrogens is 258 g/mol. The fourth-order valence-corrected chi connectivity index (χ4v) is 3.79. The van der Waals surface area contributed by atoms with Crippen molar-refractivity contribution in [3.63, 3.8) is 0 Å². The van der Waals surface area contributed by atoms with Gasteiger partial charge in [0.05, 0.1) is 16.4 Å². The van der Waals surface area contributed by atoms with E-state index in [0.29, 0.717) is 0 Å². The molecule has 0 spiro atoms. The van der Waals surface area contributed by atoms with Crippen molar-refractivity contribution in [3.8, 4) is 0 Å². The standard InChI is InChI=1S/C15H26ClN3/c1-4-12-14(16)13(19(5-2)18-12)9-15(10-17)7-6-11(3)8-15/h11H,4-10,17H2,1-3H3. The van der Waals surface area contributed by atoms with E-state index >= 15 is 0 Å². The molecule has 0 aliphatic heterocycles. The smallest absolute Gasteiger partial charge is 0.0850 e. The summed E-state index contributed by atoms with van der Waals surface area (Å²) in [6, 6.07) is 0. The number of halogens is 1. The van der Waals surface area contributed by atoms with Crippen LogP contribution in [0.4, 0.5) is 0 Å². The minimum absolute atomic E-state index is 0.237. The van der Waals surface area contributed by atoms with Crippen molar-refractivity contribution in [1.82, 2.24) is 9.78 Å². The average Bonchev–Trinajstić information content (AvgIpc) is 2.93. The lowest BCUT2D eigenvalue weighted by Crippen LogP contribution is -2.31. The van der Waals surface area contributed by atoms with Gasteiger partial charge < -0.3 is 5.73 Å². The molecule has 1 aliphatic rings. The van der Waals surface area contributed by atoms with Crippen LogP contribution in [0, 0.1) is 11.3 Å². The van der Waals surface area contributed by atoms with E-state index in [9.17, 15) is 0 Å². The first-order valence-corrected chi connectivity index (χ1v) is 7.87. The van der Waals surface area contributed by atoms with Crippen LogP contribution in [0.3, 0.4) is 0 Å². The summed E-state index contributed by atoms with van der Waals surface area (Å²) in [5, 5.41) is 5.49. The molecule has 0 aromatic carbocycles. The van der Waals surface area contributed by atoms with Crippen molar-refractivity contribution in [1.29, 1.82) is 0 Å². The van der Waals surface area contributed by atoms with Crippen LogP contribution in [-0.4, -0.2) is 16.3 Å². The Morgan fingerprint density at radius 3 is 2.68 bits per heavy atom. The molecule has 1 saturated carbocycles. The van der Waals surface area contributed by atoms with E-state index in [1.54, 1.807) is 0 Å². The van der Waals surface area contributed by atoms with Crippen molar-refractivity contribution in [3.05, 3.63) is 16.4 Å².